The minimum atomic E-state index is -4.48. The number of methoxy groups -OCH3 is 1. The highest BCUT2D eigenvalue weighted by Gasteiger charge is 2.33. The van der Waals surface area contributed by atoms with Crippen molar-refractivity contribution in [2.24, 2.45) is 4.99 Å². The number of thiophene rings is 1. The summed E-state index contributed by atoms with van der Waals surface area (Å²) in [5, 5.41) is 23.1. The number of nitrogens with one attached hydrogen (secondary N) is 4. The quantitative estimate of drug-likeness (QED) is 0.0293. The molecule has 76 heavy (non-hydrogen) atoms. The standard InChI is InChI=1S/C54H61ClF4N10O6S/c1-33-34(2)76-53-49(33)50(36-11-13-37(55)14-12-36)64-45(51-66-65-35(3)69(51)53)31-48(70)61-18-22-73-24-26-75-27-25-74-23-19-62-52(71)40-29-47(72-5)44(30-42(40)56)60-17-7-8-39-28-41-43(63-38-15-20-67(4)21-16-38)9-6-10-46(41)68(39)32-54(57,58)59/h6,9-14,28-30,38,45,60,63H,15-27,31-32H2,1-5H3,(H,61,70)(H,62,71). The number of aryl methyl sites for hydroxylation is 2. The van der Waals surface area contributed by atoms with E-state index >= 15 is 4.39 Å². The van der Waals surface area contributed by atoms with Crippen molar-refractivity contribution in [1.82, 2.24) is 34.9 Å². The van der Waals surface area contributed by atoms with E-state index in [1.807, 2.05) is 41.8 Å². The first kappa shape index (κ1) is 55.7. The first-order valence-electron chi connectivity index (χ1n) is 25.0. The van der Waals surface area contributed by atoms with Gasteiger partial charge >= 0.3 is 6.18 Å². The van der Waals surface area contributed by atoms with Gasteiger partial charge in [0.05, 0.1) is 87.9 Å². The number of carbonyl (C=O) groups is 2. The van der Waals surface area contributed by atoms with Gasteiger partial charge in [-0.2, -0.15) is 13.2 Å². The second-order valence-corrected chi connectivity index (χ2v) is 20.1. The van der Waals surface area contributed by atoms with E-state index in [2.05, 4.69) is 69.1 Å². The molecule has 3 aromatic heterocycles. The number of ether oxygens (including phenoxy) is 4. The van der Waals surface area contributed by atoms with Gasteiger partial charge < -0.3 is 49.7 Å². The van der Waals surface area contributed by atoms with Crippen LogP contribution in [0.5, 0.6) is 5.75 Å². The van der Waals surface area contributed by atoms with E-state index in [9.17, 15) is 22.8 Å². The molecule has 1 atom stereocenters. The number of nitrogens with zero attached hydrogens (tertiary/aromatic N) is 6. The van der Waals surface area contributed by atoms with Crippen LogP contribution in [0, 0.1) is 38.4 Å². The van der Waals surface area contributed by atoms with E-state index in [1.54, 1.807) is 29.5 Å². The fourth-order valence-corrected chi connectivity index (χ4v) is 10.4. The van der Waals surface area contributed by atoms with Crippen molar-refractivity contribution >= 4 is 62.7 Å². The summed E-state index contributed by atoms with van der Waals surface area (Å²) in [6.07, 6.45) is -2.59. The summed E-state index contributed by atoms with van der Waals surface area (Å²) < 4.78 is 82.0. The molecule has 1 unspecified atom stereocenters. The first-order chi connectivity index (χ1) is 36.6. The van der Waals surface area contributed by atoms with Gasteiger partial charge in [0, 0.05) is 57.3 Å². The van der Waals surface area contributed by atoms with Gasteiger partial charge in [-0.1, -0.05) is 35.7 Å². The van der Waals surface area contributed by atoms with Gasteiger partial charge in [0.2, 0.25) is 5.91 Å². The number of alkyl halides is 3. The molecule has 0 bridgehead atoms. The van der Waals surface area contributed by atoms with E-state index in [0.717, 1.165) is 74.5 Å². The average Bonchev–Trinajstić information content (AvgIpc) is 4.14. The number of amides is 2. The fraction of sp³-hybridized carbons (Fsp3) is 0.426. The van der Waals surface area contributed by atoms with Crippen LogP contribution >= 0.6 is 22.9 Å². The first-order valence-corrected chi connectivity index (χ1v) is 26.2. The highest BCUT2D eigenvalue weighted by molar-refractivity contribution is 7.15. The molecule has 2 amide bonds. The summed E-state index contributed by atoms with van der Waals surface area (Å²) in [6, 6.07) is 16.4. The van der Waals surface area contributed by atoms with Crippen LogP contribution in [0.15, 0.2) is 65.7 Å². The number of rotatable bonds is 22. The zero-order valence-electron chi connectivity index (χ0n) is 43.0. The number of anilines is 2. The molecule has 22 heteroatoms. The third kappa shape index (κ3) is 13.9. The van der Waals surface area contributed by atoms with Gasteiger partial charge in [0.15, 0.2) is 5.82 Å². The number of piperidine rings is 1. The molecule has 404 valence electrons. The summed E-state index contributed by atoms with van der Waals surface area (Å²) in [4.78, 5) is 34.7. The van der Waals surface area contributed by atoms with Crippen molar-refractivity contribution in [2.45, 2.75) is 64.8 Å². The van der Waals surface area contributed by atoms with E-state index < -0.39 is 30.5 Å². The normalized spacial score (nSPS) is 14.8. The van der Waals surface area contributed by atoms with Crippen LogP contribution in [0.1, 0.15) is 74.6 Å². The van der Waals surface area contributed by atoms with Crippen molar-refractivity contribution in [1.29, 1.82) is 0 Å². The lowest BCUT2D eigenvalue weighted by atomic mass is 9.99. The lowest BCUT2D eigenvalue weighted by molar-refractivity contribution is -0.140. The number of fused-ring (bicyclic) bond motifs is 4. The second kappa shape index (κ2) is 25.5. The predicted octanol–water partition coefficient (Wildman–Crippen LogP) is 8.42. The lowest BCUT2D eigenvalue weighted by Crippen LogP contribution is -2.36. The van der Waals surface area contributed by atoms with Crippen LogP contribution in [0.3, 0.4) is 0 Å². The Morgan fingerprint density at radius 3 is 2.29 bits per heavy atom. The highest BCUT2D eigenvalue weighted by atomic mass is 35.5. The molecule has 2 aliphatic heterocycles. The number of benzene rings is 3. The number of hydrogen-bond donors (Lipinski definition) is 4. The van der Waals surface area contributed by atoms with Crippen LogP contribution in [-0.2, 0) is 25.5 Å². The minimum Gasteiger partial charge on any atom is -0.495 e. The van der Waals surface area contributed by atoms with Gasteiger partial charge in [-0.15, -0.1) is 21.5 Å². The number of aliphatic imine (C=N–C) groups is 1. The molecule has 2 aliphatic rings. The molecule has 8 rings (SSSR count). The molecule has 0 aliphatic carbocycles. The summed E-state index contributed by atoms with van der Waals surface area (Å²) in [5.41, 5.74) is 5.06. The van der Waals surface area contributed by atoms with Crippen molar-refractivity contribution in [3.05, 3.63) is 116 Å². The molecule has 4 N–H and O–H groups in total. The smallest absolute Gasteiger partial charge is 0.406 e. The molecule has 0 saturated carbocycles. The Kier molecular flexibility index (Phi) is 18.7. The molecule has 16 nitrogen and oxygen atoms in total. The Balaban J connectivity index is 0.726. The predicted molar refractivity (Wildman–Crippen MR) is 286 cm³/mol. The number of hydrogen-bond acceptors (Lipinski definition) is 13. The number of halogens is 5. The maximum absolute atomic E-state index is 15.3. The molecule has 3 aromatic carbocycles. The van der Waals surface area contributed by atoms with Crippen molar-refractivity contribution in [2.75, 3.05) is 97.2 Å². The average molecular weight is 1090 g/mol. The highest BCUT2D eigenvalue weighted by Crippen LogP contribution is 2.40. The van der Waals surface area contributed by atoms with Gasteiger partial charge in [-0.3, -0.25) is 19.1 Å². The Morgan fingerprint density at radius 2 is 1.59 bits per heavy atom. The molecule has 6 aromatic rings. The molecule has 5 heterocycles. The maximum atomic E-state index is 15.3. The van der Waals surface area contributed by atoms with Crippen molar-refractivity contribution < 1.29 is 46.1 Å². The van der Waals surface area contributed by atoms with E-state index in [4.69, 9.17) is 35.5 Å². The third-order valence-corrected chi connectivity index (χ3v) is 14.5. The number of likely N-dealkylation sites (tertiary alicyclic amines) is 1. The summed E-state index contributed by atoms with van der Waals surface area (Å²) in [5.74, 6) is 5.49. The second-order valence-electron chi connectivity index (χ2n) is 18.4. The summed E-state index contributed by atoms with van der Waals surface area (Å²) in [6.45, 7) is 8.50. The van der Waals surface area contributed by atoms with E-state index in [0.29, 0.717) is 40.8 Å². The maximum Gasteiger partial charge on any atom is 0.406 e. The molecular formula is C54H61ClF4N10O6S. The molecule has 1 saturated heterocycles. The Bertz CT molecular complexity index is 3100. The molecule has 1 fully saturated rings. The topological polar surface area (TPSA) is 170 Å². The van der Waals surface area contributed by atoms with Crippen LogP contribution in [0.4, 0.5) is 28.9 Å². The largest absolute Gasteiger partial charge is 0.495 e. The van der Waals surface area contributed by atoms with Gasteiger partial charge in [0.25, 0.3) is 5.91 Å². The van der Waals surface area contributed by atoms with Gasteiger partial charge in [0.1, 0.15) is 35.0 Å². The summed E-state index contributed by atoms with van der Waals surface area (Å²) in [7, 11) is 3.43. The van der Waals surface area contributed by atoms with Crippen LogP contribution < -0.4 is 26.0 Å². The van der Waals surface area contributed by atoms with E-state index in [-0.39, 0.29) is 87.1 Å². The van der Waals surface area contributed by atoms with Gasteiger partial charge in [-0.25, -0.2) is 4.39 Å². The van der Waals surface area contributed by atoms with Crippen molar-refractivity contribution in [3.8, 4) is 22.6 Å². The third-order valence-electron chi connectivity index (χ3n) is 13.1. The Hall–Kier alpha value is -6.54. The Morgan fingerprint density at radius 1 is 0.895 bits per heavy atom. The van der Waals surface area contributed by atoms with Crippen LogP contribution in [0.25, 0.3) is 15.9 Å². The van der Waals surface area contributed by atoms with E-state index in [1.165, 1.54) is 13.2 Å². The monoisotopic (exact) mass is 1090 g/mol. The Labute approximate surface area is 447 Å². The molecule has 0 radical (unpaired) electrons. The number of aromatic nitrogens is 4. The van der Waals surface area contributed by atoms with Crippen LogP contribution in [0.2, 0.25) is 5.02 Å². The summed E-state index contributed by atoms with van der Waals surface area (Å²) >= 11 is 7.87. The zero-order valence-corrected chi connectivity index (χ0v) is 44.5. The SMILES string of the molecule is COc1cc(C(=O)NCCOCCOCCOCCNC(=O)CC2N=C(c3ccc(Cl)cc3)c3c(sc(C)c3C)-n3c(C)nnc32)c(F)cc1NCC#Cc1cc2c(NC3CCN(C)CC3)cccc2n1CC(F)(F)F. The lowest BCUT2D eigenvalue weighted by Gasteiger charge is -2.30. The van der Waals surface area contributed by atoms with Crippen molar-refractivity contribution in [3.63, 3.8) is 0 Å². The zero-order chi connectivity index (χ0) is 53.9. The molecular weight excluding hydrogens is 1030 g/mol. The van der Waals surface area contributed by atoms with Crippen LogP contribution in [-0.4, -0.2) is 140 Å². The fourth-order valence-electron chi connectivity index (χ4n) is 9.06. The minimum absolute atomic E-state index is 0.0561. The number of carbonyl (C=O) groups excluding carboxylic acids is 2. The van der Waals surface area contributed by atoms with Gasteiger partial charge in [-0.05, 0) is 102 Å². The molecule has 0 spiro atoms.